The highest BCUT2D eigenvalue weighted by Crippen LogP contribution is 2.34. The Balaban J connectivity index is 2.69. The summed E-state index contributed by atoms with van der Waals surface area (Å²) in [5.41, 5.74) is -0.792. The standard InChI is InChI=1S/C16H30N2O3/c1-11(15(2,3)4)17-14(21)18-9-7-8-12(10-18)16(5,6)13(19)20/h11-12H,7-10H2,1-6H3,(H,17,21)(H,19,20). The van der Waals surface area contributed by atoms with Gasteiger partial charge in [0.15, 0.2) is 0 Å². The minimum atomic E-state index is -0.797. The van der Waals surface area contributed by atoms with Crippen LogP contribution in [0, 0.1) is 16.7 Å². The van der Waals surface area contributed by atoms with Crippen LogP contribution in [0.4, 0.5) is 4.79 Å². The second-order valence-electron chi connectivity index (χ2n) is 7.85. The summed E-state index contributed by atoms with van der Waals surface area (Å²) < 4.78 is 0. The molecule has 0 aromatic carbocycles. The van der Waals surface area contributed by atoms with Crippen LogP contribution < -0.4 is 5.32 Å². The zero-order valence-electron chi connectivity index (χ0n) is 14.2. The molecule has 2 amide bonds. The van der Waals surface area contributed by atoms with E-state index in [2.05, 4.69) is 26.1 Å². The Labute approximate surface area is 128 Å². The molecule has 1 fully saturated rings. The van der Waals surface area contributed by atoms with Gasteiger partial charge in [-0.25, -0.2) is 4.79 Å². The smallest absolute Gasteiger partial charge is 0.317 e. The summed E-state index contributed by atoms with van der Waals surface area (Å²) in [5, 5.41) is 12.4. The number of nitrogens with one attached hydrogen (secondary N) is 1. The molecule has 2 N–H and O–H groups in total. The van der Waals surface area contributed by atoms with E-state index in [0.717, 1.165) is 12.8 Å². The maximum Gasteiger partial charge on any atom is 0.317 e. The molecule has 1 heterocycles. The molecule has 0 aromatic rings. The number of piperidine rings is 1. The highest BCUT2D eigenvalue weighted by atomic mass is 16.4. The minimum absolute atomic E-state index is 0.000516. The third-order valence-electron chi connectivity index (χ3n) is 4.92. The Morgan fingerprint density at radius 2 is 1.81 bits per heavy atom. The monoisotopic (exact) mass is 298 g/mol. The summed E-state index contributed by atoms with van der Waals surface area (Å²) in [6.45, 7) is 13.0. The van der Waals surface area contributed by atoms with Gasteiger partial charge in [0.2, 0.25) is 0 Å². The average Bonchev–Trinajstić information content (AvgIpc) is 2.37. The Bertz CT molecular complexity index is 399. The molecule has 1 aliphatic rings. The minimum Gasteiger partial charge on any atom is -0.481 e. The number of amides is 2. The fourth-order valence-electron chi connectivity index (χ4n) is 2.42. The lowest BCUT2D eigenvalue weighted by Crippen LogP contribution is -2.53. The van der Waals surface area contributed by atoms with E-state index in [4.69, 9.17) is 0 Å². The molecule has 5 nitrogen and oxygen atoms in total. The lowest BCUT2D eigenvalue weighted by atomic mass is 9.74. The zero-order valence-corrected chi connectivity index (χ0v) is 14.2. The summed E-state index contributed by atoms with van der Waals surface area (Å²) in [6.07, 6.45) is 1.72. The second-order valence-corrected chi connectivity index (χ2v) is 7.85. The molecule has 5 heteroatoms. The maximum atomic E-state index is 12.4. The molecule has 0 saturated carbocycles. The van der Waals surface area contributed by atoms with Gasteiger partial charge in [-0.05, 0) is 44.9 Å². The van der Waals surface area contributed by atoms with Crippen LogP contribution in [0.3, 0.4) is 0 Å². The third-order valence-corrected chi connectivity index (χ3v) is 4.92. The van der Waals surface area contributed by atoms with Crippen molar-refractivity contribution in [2.75, 3.05) is 13.1 Å². The van der Waals surface area contributed by atoms with Gasteiger partial charge in [-0.1, -0.05) is 20.8 Å². The summed E-state index contributed by atoms with van der Waals surface area (Å²) in [5.74, 6) is -0.794. The number of hydrogen-bond acceptors (Lipinski definition) is 2. The topological polar surface area (TPSA) is 69.6 Å². The van der Waals surface area contributed by atoms with E-state index in [-0.39, 0.29) is 23.4 Å². The van der Waals surface area contributed by atoms with Crippen molar-refractivity contribution in [2.45, 2.75) is 60.4 Å². The SMILES string of the molecule is CC(NC(=O)N1CCCC(C(C)(C)C(=O)O)C1)C(C)(C)C. The molecule has 2 unspecified atom stereocenters. The van der Waals surface area contributed by atoms with Crippen LogP contribution in [0.1, 0.15) is 54.4 Å². The molecule has 1 saturated heterocycles. The lowest BCUT2D eigenvalue weighted by molar-refractivity contribution is -0.151. The summed E-state index contributed by atoms with van der Waals surface area (Å²) in [6, 6.07) is -0.0128. The molecule has 122 valence electrons. The van der Waals surface area contributed by atoms with Gasteiger partial charge in [0.1, 0.15) is 0 Å². The molecular formula is C16H30N2O3. The number of hydrogen-bond donors (Lipinski definition) is 2. The number of carboxylic acid groups (broad SMARTS) is 1. The van der Waals surface area contributed by atoms with Crippen molar-refractivity contribution in [3.05, 3.63) is 0 Å². The summed E-state index contributed by atoms with van der Waals surface area (Å²) in [7, 11) is 0. The van der Waals surface area contributed by atoms with E-state index in [1.165, 1.54) is 0 Å². The van der Waals surface area contributed by atoms with Gasteiger partial charge in [0.05, 0.1) is 5.41 Å². The third kappa shape index (κ3) is 4.35. The zero-order chi connectivity index (χ0) is 16.4. The van der Waals surface area contributed by atoms with Crippen LogP contribution >= 0.6 is 0 Å². The molecule has 0 aromatic heterocycles. The fourth-order valence-corrected chi connectivity index (χ4v) is 2.42. The highest BCUT2D eigenvalue weighted by Gasteiger charge is 2.40. The van der Waals surface area contributed by atoms with E-state index < -0.39 is 11.4 Å². The van der Waals surface area contributed by atoms with E-state index >= 15 is 0 Å². The normalized spacial score (nSPS) is 21.8. The number of carboxylic acids is 1. The van der Waals surface area contributed by atoms with Crippen molar-refractivity contribution in [1.82, 2.24) is 10.2 Å². The van der Waals surface area contributed by atoms with E-state index in [9.17, 15) is 14.7 Å². The van der Waals surface area contributed by atoms with Crippen molar-refractivity contribution in [1.29, 1.82) is 0 Å². The van der Waals surface area contributed by atoms with Crippen LogP contribution in [0.5, 0.6) is 0 Å². The van der Waals surface area contributed by atoms with Gasteiger partial charge in [0.25, 0.3) is 0 Å². The second kappa shape index (κ2) is 6.24. The molecule has 0 aliphatic carbocycles. The molecule has 1 rings (SSSR count). The van der Waals surface area contributed by atoms with Crippen molar-refractivity contribution >= 4 is 12.0 Å². The highest BCUT2D eigenvalue weighted by molar-refractivity contribution is 5.76. The molecule has 21 heavy (non-hydrogen) atoms. The van der Waals surface area contributed by atoms with E-state index in [1.807, 2.05) is 6.92 Å². The summed E-state index contributed by atoms with van der Waals surface area (Å²) in [4.78, 5) is 25.5. The van der Waals surface area contributed by atoms with E-state index in [0.29, 0.717) is 13.1 Å². The van der Waals surface area contributed by atoms with Crippen molar-refractivity contribution in [2.24, 2.45) is 16.7 Å². The van der Waals surface area contributed by atoms with Gasteiger partial charge < -0.3 is 15.3 Å². The first kappa shape index (κ1) is 17.8. The van der Waals surface area contributed by atoms with Crippen molar-refractivity contribution < 1.29 is 14.7 Å². The number of nitrogens with zero attached hydrogens (tertiary/aromatic N) is 1. The van der Waals surface area contributed by atoms with Crippen LogP contribution in [0.15, 0.2) is 0 Å². The predicted octanol–water partition coefficient (Wildman–Crippen LogP) is 2.95. The molecule has 0 bridgehead atoms. The van der Waals surface area contributed by atoms with Crippen molar-refractivity contribution in [3.8, 4) is 0 Å². The molecule has 1 aliphatic heterocycles. The van der Waals surface area contributed by atoms with Gasteiger partial charge in [0, 0.05) is 19.1 Å². The Morgan fingerprint density at radius 1 is 1.24 bits per heavy atom. The Morgan fingerprint density at radius 3 is 2.29 bits per heavy atom. The first-order valence-corrected chi connectivity index (χ1v) is 7.75. The average molecular weight is 298 g/mol. The Kier molecular flexibility index (Phi) is 5.29. The number of urea groups is 1. The van der Waals surface area contributed by atoms with Gasteiger partial charge in [-0.3, -0.25) is 4.79 Å². The van der Waals surface area contributed by atoms with Gasteiger partial charge in [-0.2, -0.15) is 0 Å². The van der Waals surface area contributed by atoms with Crippen LogP contribution in [-0.4, -0.2) is 41.1 Å². The number of carbonyl (C=O) groups excluding carboxylic acids is 1. The summed E-state index contributed by atoms with van der Waals surface area (Å²) >= 11 is 0. The fraction of sp³-hybridized carbons (Fsp3) is 0.875. The Hall–Kier alpha value is -1.26. The van der Waals surface area contributed by atoms with Crippen LogP contribution in [0.2, 0.25) is 0 Å². The first-order chi connectivity index (χ1) is 9.46. The van der Waals surface area contributed by atoms with E-state index in [1.54, 1.807) is 18.7 Å². The maximum absolute atomic E-state index is 12.4. The molecular weight excluding hydrogens is 268 g/mol. The van der Waals surface area contributed by atoms with Gasteiger partial charge in [-0.15, -0.1) is 0 Å². The van der Waals surface area contributed by atoms with Gasteiger partial charge >= 0.3 is 12.0 Å². The molecule has 2 atom stereocenters. The number of rotatable bonds is 3. The molecule has 0 spiro atoms. The molecule has 0 radical (unpaired) electrons. The lowest BCUT2D eigenvalue weighted by Gasteiger charge is -2.40. The quantitative estimate of drug-likeness (QED) is 0.841. The van der Waals surface area contributed by atoms with Crippen LogP contribution in [-0.2, 0) is 4.79 Å². The number of aliphatic carboxylic acids is 1. The first-order valence-electron chi connectivity index (χ1n) is 7.75. The van der Waals surface area contributed by atoms with Crippen LogP contribution in [0.25, 0.3) is 0 Å². The predicted molar refractivity (Wildman–Crippen MR) is 83.2 cm³/mol. The van der Waals surface area contributed by atoms with Crippen molar-refractivity contribution in [3.63, 3.8) is 0 Å². The largest absolute Gasteiger partial charge is 0.481 e. The number of likely N-dealkylation sites (tertiary alicyclic amines) is 1. The number of carbonyl (C=O) groups is 2.